The minimum absolute atomic E-state index is 0.0952. The van der Waals surface area contributed by atoms with Crippen LogP contribution in [0.25, 0.3) is 22.4 Å². The molecule has 1 N–H and O–H groups in total. The van der Waals surface area contributed by atoms with Gasteiger partial charge in [-0.05, 0) is 24.3 Å². The summed E-state index contributed by atoms with van der Waals surface area (Å²) in [4.78, 5) is 4.19. The monoisotopic (exact) mass is 262 g/mol. The van der Waals surface area contributed by atoms with E-state index in [9.17, 15) is 9.60 Å². The molecule has 3 rings (SSSR count). The largest absolute Gasteiger partial charge is 0.426 e. The molecule has 0 fully saturated rings. The zero-order valence-electron chi connectivity index (χ0n) is 9.14. The summed E-state index contributed by atoms with van der Waals surface area (Å²) in [6.45, 7) is 0. The highest BCUT2D eigenvalue weighted by Crippen LogP contribution is 2.31. The fourth-order valence-electron chi connectivity index (χ4n) is 1.89. The van der Waals surface area contributed by atoms with Crippen LogP contribution in [0.5, 0.6) is 0 Å². The third-order valence-corrected chi connectivity index (χ3v) is 3.04. The van der Waals surface area contributed by atoms with Gasteiger partial charge < -0.3 is 5.21 Å². The SMILES string of the molecule is On1c(-c2c(F)cccc2Cl)nc2ccccc21. The second-order valence-electron chi connectivity index (χ2n) is 3.83. The molecule has 18 heavy (non-hydrogen) atoms. The van der Waals surface area contributed by atoms with Gasteiger partial charge in [0.25, 0.3) is 0 Å². The van der Waals surface area contributed by atoms with E-state index < -0.39 is 5.82 Å². The summed E-state index contributed by atoms with van der Waals surface area (Å²) < 4.78 is 14.6. The lowest BCUT2D eigenvalue weighted by molar-refractivity contribution is 0.202. The van der Waals surface area contributed by atoms with E-state index in [0.717, 1.165) is 4.73 Å². The molecule has 0 aliphatic rings. The molecule has 3 aromatic rings. The Hall–Kier alpha value is -2.07. The predicted molar refractivity (Wildman–Crippen MR) is 67.3 cm³/mol. The average Bonchev–Trinajstić information content (AvgIpc) is 2.68. The molecule has 0 saturated carbocycles. The predicted octanol–water partition coefficient (Wildman–Crippen LogP) is 3.73. The lowest BCUT2D eigenvalue weighted by Gasteiger charge is -2.04. The summed E-state index contributed by atoms with van der Waals surface area (Å²) in [6, 6.07) is 11.3. The van der Waals surface area contributed by atoms with Gasteiger partial charge in [0, 0.05) is 0 Å². The van der Waals surface area contributed by atoms with E-state index in [2.05, 4.69) is 4.98 Å². The van der Waals surface area contributed by atoms with E-state index in [1.807, 2.05) is 0 Å². The first-order valence-electron chi connectivity index (χ1n) is 5.29. The van der Waals surface area contributed by atoms with E-state index in [1.54, 1.807) is 30.3 Å². The van der Waals surface area contributed by atoms with Gasteiger partial charge in [-0.1, -0.05) is 29.8 Å². The Bertz CT molecular complexity index is 719. The smallest absolute Gasteiger partial charge is 0.181 e. The van der Waals surface area contributed by atoms with Gasteiger partial charge in [0.1, 0.15) is 11.3 Å². The quantitative estimate of drug-likeness (QED) is 0.679. The summed E-state index contributed by atoms with van der Waals surface area (Å²) in [6.07, 6.45) is 0. The third kappa shape index (κ3) is 1.54. The van der Waals surface area contributed by atoms with Crippen molar-refractivity contribution in [3.63, 3.8) is 0 Å². The van der Waals surface area contributed by atoms with Crippen LogP contribution in [0.15, 0.2) is 42.5 Å². The maximum absolute atomic E-state index is 13.8. The molecule has 0 aliphatic carbocycles. The Morgan fingerprint density at radius 1 is 1.11 bits per heavy atom. The molecule has 0 unspecified atom stereocenters. The van der Waals surface area contributed by atoms with Crippen molar-refractivity contribution in [3.8, 4) is 11.4 Å². The van der Waals surface area contributed by atoms with Crippen molar-refractivity contribution >= 4 is 22.6 Å². The molecule has 0 amide bonds. The number of para-hydroxylation sites is 2. The minimum Gasteiger partial charge on any atom is -0.426 e. The van der Waals surface area contributed by atoms with Gasteiger partial charge in [0.15, 0.2) is 5.82 Å². The zero-order valence-corrected chi connectivity index (χ0v) is 9.89. The van der Waals surface area contributed by atoms with E-state index in [0.29, 0.717) is 11.0 Å². The van der Waals surface area contributed by atoms with Gasteiger partial charge in [0.2, 0.25) is 0 Å². The molecule has 0 aliphatic heterocycles. The van der Waals surface area contributed by atoms with Gasteiger partial charge in [-0.2, -0.15) is 4.73 Å². The summed E-state index contributed by atoms with van der Waals surface area (Å²) in [5, 5.41) is 10.2. The molecule has 0 spiro atoms. The van der Waals surface area contributed by atoms with Crippen LogP contribution in [0.3, 0.4) is 0 Å². The molecule has 0 radical (unpaired) electrons. The summed E-state index contributed by atoms with van der Waals surface area (Å²) >= 11 is 5.96. The number of benzene rings is 2. The Morgan fingerprint density at radius 3 is 2.61 bits per heavy atom. The first-order chi connectivity index (χ1) is 8.68. The molecule has 0 bridgehead atoms. The van der Waals surface area contributed by atoms with Gasteiger partial charge in [-0.15, -0.1) is 0 Å². The lowest BCUT2D eigenvalue weighted by Crippen LogP contribution is -1.97. The third-order valence-electron chi connectivity index (χ3n) is 2.72. The van der Waals surface area contributed by atoms with Crippen molar-refractivity contribution in [2.75, 3.05) is 0 Å². The Labute approximate surface area is 107 Å². The van der Waals surface area contributed by atoms with Crippen LogP contribution >= 0.6 is 11.6 Å². The molecule has 1 heterocycles. The van der Waals surface area contributed by atoms with Crippen molar-refractivity contribution in [3.05, 3.63) is 53.3 Å². The summed E-state index contributed by atoms with van der Waals surface area (Å²) in [7, 11) is 0. The zero-order chi connectivity index (χ0) is 12.7. The Morgan fingerprint density at radius 2 is 1.89 bits per heavy atom. The number of nitrogens with zero attached hydrogens (tertiary/aromatic N) is 2. The first kappa shape index (κ1) is 11.0. The molecule has 1 aromatic heterocycles. The summed E-state index contributed by atoms with van der Waals surface area (Å²) in [5.41, 5.74) is 1.18. The average molecular weight is 263 g/mol. The topological polar surface area (TPSA) is 38.0 Å². The van der Waals surface area contributed by atoms with Crippen LogP contribution in [-0.2, 0) is 0 Å². The minimum atomic E-state index is -0.520. The number of imidazole rings is 1. The van der Waals surface area contributed by atoms with Crippen LogP contribution < -0.4 is 0 Å². The number of aromatic nitrogens is 2. The van der Waals surface area contributed by atoms with Crippen LogP contribution in [0.4, 0.5) is 4.39 Å². The van der Waals surface area contributed by atoms with Crippen molar-refractivity contribution in [2.24, 2.45) is 0 Å². The highest BCUT2D eigenvalue weighted by molar-refractivity contribution is 6.33. The second kappa shape index (κ2) is 3.99. The maximum Gasteiger partial charge on any atom is 0.181 e. The molecular formula is C13H8ClFN2O. The lowest BCUT2D eigenvalue weighted by atomic mass is 10.2. The molecule has 5 heteroatoms. The number of hydrogen-bond acceptors (Lipinski definition) is 2. The highest BCUT2D eigenvalue weighted by atomic mass is 35.5. The fourth-order valence-corrected chi connectivity index (χ4v) is 2.13. The fraction of sp³-hybridized carbons (Fsp3) is 0. The van der Waals surface area contributed by atoms with E-state index in [4.69, 9.17) is 11.6 Å². The maximum atomic E-state index is 13.8. The van der Waals surface area contributed by atoms with Crippen molar-refractivity contribution in [2.45, 2.75) is 0 Å². The number of halogens is 2. The van der Waals surface area contributed by atoms with E-state index in [-0.39, 0.29) is 16.4 Å². The molecular weight excluding hydrogens is 255 g/mol. The Balaban J connectivity index is 2.36. The highest BCUT2D eigenvalue weighted by Gasteiger charge is 2.17. The van der Waals surface area contributed by atoms with Crippen LogP contribution in [-0.4, -0.2) is 14.9 Å². The van der Waals surface area contributed by atoms with Gasteiger partial charge in [-0.3, -0.25) is 0 Å². The van der Waals surface area contributed by atoms with E-state index >= 15 is 0 Å². The first-order valence-corrected chi connectivity index (χ1v) is 5.67. The normalized spacial score (nSPS) is 11.0. The molecule has 0 saturated heterocycles. The molecule has 0 atom stereocenters. The van der Waals surface area contributed by atoms with Crippen LogP contribution in [0, 0.1) is 5.82 Å². The van der Waals surface area contributed by atoms with Crippen LogP contribution in [0.2, 0.25) is 5.02 Å². The standard InChI is InChI=1S/C13H8ClFN2O/c14-8-4-3-5-9(15)12(8)13-16-10-6-1-2-7-11(10)17(13)18/h1-7,18H. The van der Waals surface area contributed by atoms with Gasteiger partial charge in [-0.25, -0.2) is 9.37 Å². The molecule has 90 valence electrons. The second-order valence-corrected chi connectivity index (χ2v) is 4.24. The van der Waals surface area contributed by atoms with Gasteiger partial charge in [0.05, 0.1) is 16.1 Å². The number of hydrogen-bond donors (Lipinski definition) is 1. The van der Waals surface area contributed by atoms with E-state index in [1.165, 1.54) is 12.1 Å². The molecule has 2 aromatic carbocycles. The van der Waals surface area contributed by atoms with Crippen LogP contribution in [0.1, 0.15) is 0 Å². The summed E-state index contributed by atoms with van der Waals surface area (Å²) in [5.74, 6) is -0.424. The van der Waals surface area contributed by atoms with Gasteiger partial charge >= 0.3 is 0 Å². The van der Waals surface area contributed by atoms with Crippen molar-refractivity contribution in [1.29, 1.82) is 0 Å². The number of rotatable bonds is 1. The Kier molecular flexibility index (Phi) is 2.45. The van der Waals surface area contributed by atoms with Crippen molar-refractivity contribution in [1.82, 2.24) is 9.71 Å². The number of fused-ring (bicyclic) bond motifs is 1. The van der Waals surface area contributed by atoms with Crippen molar-refractivity contribution < 1.29 is 9.60 Å². The molecule has 3 nitrogen and oxygen atoms in total.